The van der Waals surface area contributed by atoms with Crippen LogP contribution in [0.4, 0.5) is 10.1 Å². The van der Waals surface area contributed by atoms with E-state index in [1.165, 1.54) is 18.2 Å². The van der Waals surface area contributed by atoms with E-state index in [0.29, 0.717) is 6.54 Å². The average Bonchev–Trinajstić information content (AvgIpc) is 2.70. The van der Waals surface area contributed by atoms with Gasteiger partial charge in [-0.25, -0.2) is 4.39 Å². The van der Waals surface area contributed by atoms with E-state index in [1.807, 2.05) is 13.8 Å². The maximum Gasteiger partial charge on any atom is 0.253 e. The molecule has 2 atom stereocenters. The van der Waals surface area contributed by atoms with Gasteiger partial charge in [0.15, 0.2) is 0 Å². The van der Waals surface area contributed by atoms with Gasteiger partial charge in [-0.15, -0.1) is 0 Å². The fraction of sp³-hybridized carbons (Fsp3) is 0.462. The van der Waals surface area contributed by atoms with Crippen LogP contribution in [0.1, 0.15) is 24.2 Å². The Kier molecular flexibility index (Phi) is 4.01. The molecule has 0 saturated carbocycles. The van der Waals surface area contributed by atoms with Gasteiger partial charge in [0.1, 0.15) is 5.82 Å². The van der Waals surface area contributed by atoms with Gasteiger partial charge in [0.2, 0.25) is 0 Å². The van der Waals surface area contributed by atoms with Gasteiger partial charge in [-0.05, 0) is 26.0 Å². The number of nitrogens with one attached hydrogen (secondary N) is 3. The van der Waals surface area contributed by atoms with Crippen molar-refractivity contribution in [2.75, 3.05) is 12.3 Å². The quantitative estimate of drug-likeness (QED) is 0.605. The third kappa shape index (κ3) is 2.85. The van der Waals surface area contributed by atoms with Crippen molar-refractivity contribution < 1.29 is 9.18 Å². The molecule has 1 aliphatic heterocycles. The minimum atomic E-state index is -0.571. The standard InChI is InChI=1S/C13H19FN4O/c1-7-10(8(2)18-17-7)6-16-13(19)9-4-3-5-11(14)12(9)15/h3-5,7-8,10,17-18H,6,15H2,1-2H3,(H,16,19). The maximum absolute atomic E-state index is 13.3. The second-order valence-electron chi connectivity index (χ2n) is 4.94. The summed E-state index contributed by atoms with van der Waals surface area (Å²) < 4.78 is 13.3. The fourth-order valence-electron chi connectivity index (χ4n) is 2.30. The van der Waals surface area contributed by atoms with Crippen LogP contribution in [-0.4, -0.2) is 24.5 Å². The molecule has 104 valence electrons. The summed E-state index contributed by atoms with van der Waals surface area (Å²) >= 11 is 0. The molecule has 19 heavy (non-hydrogen) atoms. The van der Waals surface area contributed by atoms with Crippen LogP contribution in [0.3, 0.4) is 0 Å². The molecule has 6 heteroatoms. The van der Waals surface area contributed by atoms with Crippen LogP contribution in [-0.2, 0) is 0 Å². The summed E-state index contributed by atoms with van der Waals surface area (Å²) in [5, 5.41) is 2.80. The molecule has 5 N–H and O–H groups in total. The number of amides is 1. The Morgan fingerprint density at radius 2 is 2.00 bits per heavy atom. The minimum absolute atomic E-state index is 0.108. The molecule has 2 rings (SSSR count). The molecule has 1 aliphatic rings. The zero-order chi connectivity index (χ0) is 14.0. The molecule has 0 aliphatic carbocycles. The molecule has 2 unspecified atom stereocenters. The lowest BCUT2D eigenvalue weighted by Gasteiger charge is -2.18. The highest BCUT2D eigenvalue weighted by Gasteiger charge is 2.30. The van der Waals surface area contributed by atoms with Crippen LogP contribution in [0.5, 0.6) is 0 Å². The molecule has 1 saturated heterocycles. The lowest BCUT2D eigenvalue weighted by molar-refractivity contribution is 0.0946. The molecule has 1 amide bonds. The number of hydrogen-bond donors (Lipinski definition) is 4. The molecule has 1 aromatic rings. The first-order chi connectivity index (χ1) is 9.00. The predicted octanol–water partition coefficient (Wildman–Crippen LogP) is 0.639. The summed E-state index contributed by atoms with van der Waals surface area (Å²) in [6.45, 7) is 4.60. The summed E-state index contributed by atoms with van der Waals surface area (Å²) in [5.41, 5.74) is 11.9. The first kappa shape index (κ1) is 13.8. The molecular formula is C13H19FN4O. The maximum atomic E-state index is 13.3. The van der Waals surface area contributed by atoms with E-state index < -0.39 is 5.82 Å². The third-order valence-electron chi connectivity index (χ3n) is 3.62. The lowest BCUT2D eigenvalue weighted by Crippen LogP contribution is -2.37. The number of para-hydroxylation sites is 1. The number of anilines is 1. The highest BCUT2D eigenvalue weighted by molar-refractivity contribution is 5.99. The van der Waals surface area contributed by atoms with Crippen LogP contribution in [0.2, 0.25) is 0 Å². The second-order valence-corrected chi connectivity index (χ2v) is 4.94. The van der Waals surface area contributed by atoms with E-state index in [-0.39, 0.29) is 35.2 Å². The Balaban J connectivity index is 2.00. The number of carbonyl (C=O) groups excluding carboxylic acids is 1. The van der Waals surface area contributed by atoms with Crippen molar-refractivity contribution in [2.45, 2.75) is 25.9 Å². The number of benzene rings is 1. The van der Waals surface area contributed by atoms with Gasteiger partial charge in [0.25, 0.3) is 5.91 Å². The van der Waals surface area contributed by atoms with Gasteiger partial charge in [-0.3, -0.25) is 15.6 Å². The van der Waals surface area contributed by atoms with Crippen molar-refractivity contribution in [3.05, 3.63) is 29.6 Å². The zero-order valence-corrected chi connectivity index (χ0v) is 11.0. The van der Waals surface area contributed by atoms with Crippen LogP contribution in [0.25, 0.3) is 0 Å². The van der Waals surface area contributed by atoms with Gasteiger partial charge in [-0.1, -0.05) is 6.07 Å². The van der Waals surface area contributed by atoms with Crippen LogP contribution < -0.4 is 21.9 Å². The van der Waals surface area contributed by atoms with Crippen LogP contribution in [0.15, 0.2) is 18.2 Å². The Morgan fingerprint density at radius 1 is 1.37 bits per heavy atom. The summed E-state index contributed by atoms with van der Waals surface area (Å²) in [7, 11) is 0. The molecule has 0 aromatic heterocycles. The van der Waals surface area contributed by atoms with Crippen molar-refractivity contribution in [3.63, 3.8) is 0 Å². The van der Waals surface area contributed by atoms with Gasteiger partial charge in [-0.2, -0.15) is 0 Å². The normalized spacial score (nSPS) is 26.4. The number of nitrogens with two attached hydrogens (primary N) is 1. The summed E-state index contributed by atoms with van der Waals surface area (Å²) in [5.74, 6) is -0.638. The third-order valence-corrected chi connectivity index (χ3v) is 3.62. The summed E-state index contributed by atoms with van der Waals surface area (Å²) in [6.07, 6.45) is 0. The number of hydrogen-bond acceptors (Lipinski definition) is 4. The second kappa shape index (κ2) is 5.54. The number of carbonyl (C=O) groups is 1. The SMILES string of the molecule is CC1NNC(C)C1CNC(=O)c1cccc(F)c1N. The van der Waals surface area contributed by atoms with Crippen molar-refractivity contribution in [1.82, 2.24) is 16.2 Å². The number of hydrazine groups is 1. The number of halogens is 1. The van der Waals surface area contributed by atoms with Gasteiger partial charge in [0, 0.05) is 24.5 Å². The summed E-state index contributed by atoms with van der Waals surface area (Å²) in [4.78, 5) is 12.0. The molecule has 0 spiro atoms. The van der Waals surface area contributed by atoms with E-state index in [0.717, 1.165) is 0 Å². The fourth-order valence-corrected chi connectivity index (χ4v) is 2.30. The van der Waals surface area contributed by atoms with Crippen LogP contribution >= 0.6 is 0 Å². The minimum Gasteiger partial charge on any atom is -0.396 e. The van der Waals surface area contributed by atoms with Crippen molar-refractivity contribution in [2.24, 2.45) is 5.92 Å². The highest BCUT2D eigenvalue weighted by atomic mass is 19.1. The van der Waals surface area contributed by atoms with Gasteiger partial charge in [0.05, 0.1) is 11.3 Å². The van der Waals surface area contributed by atoms with Crippen LogP contribution in [0, 0.1) is 11.7 Å². The largest absolute Gasteiger partial charge is 0.396 e. The first-order valence-electron chi connectivity index (χ1n) is 6.34. The zero-order valence-electron chi connectivity index (χ0n) is 11.0. The Morgan fingerprint density at radius 3 is 2.63 bits per heavy atom. The molecule has 1 aromatic carbocycles. The molecule has 1 fully saturated rings. The molecule has 5 nitrogen and oxygen atoms in total. The van der Waals surface area contributed by atoms with Crippen molar-refractivity contribution in [1.29, 1.82) is 0 Å². The topological polar surface area (TPSA) is 79.2 Å². The van der Waals surface area contributed by atoms with Crippen molar-refractivity contribution in [3.8, 4) is 0 Å². The number of rotatable bonds is 3. The molecular weight excluding hydrogens is 247 g/mol. The predicted molar refractivity (Wildman–Crippen MR) is 71.8 cm³/mol. The molecule has 0 bridgehead atoms. The Hall–Kier alpha value is -1.66. The van der Waals surface area contributed by atoms with E-state index >= 15 is 0 Å². The van der Waals surface area contributed by atoms with E-state index in [9.17, 15) is 9.18 Å². The van der Waals surface area contributed by atoms with E-state index in [1.54, 1.807) is 0 Å². The van der Waals surface area contributed by atoms with Crippen molar-refractivity contribution >= 4 is 11.6 Å². The Bertz CT molecular complexity index is 470. The van der Waals surface area contributed by atoms with Gasteiger partial charge >= 0.3 is 0 Å². The Labute approximate surface area is 111 Å². The first-order valence-corrected chi connectivity index (χ1v) is 6.34. The average molecular weight is 266 g/mol. The molecule has 0 radical (unpaired) electrons. The molecule has 1 heterocycles. The lowest BCUT2D eigenvalue weighted by atomic mass is 9.96. The smallest absolute Gasteiger partial charge is 0.253 e. The monoisotopic (exact) mass is 266 g/mol. The van der Waals surface area contributed by atoms with E-state index in [2.05, 4.69) is 16.2 Å². The number of nitrogen functional groups attached to an aromatic ring is 1. The van der Waals surface area contributed by atoms with E-state index in [4.69, 9.17) is 5.73 Å². The summed E-state index contributed by atoms with van der Waals surface area (Å²) in [6, 6.07) is 4.76. The van der Waals surface area contributed by atoms with Gasteiger partial charge < -0.3 is 11.1 Å². The highest BCUT2D eigenvalue weighted by Crippen LogP contribution is 2.17.